The number of fused-ring (bicyclic) bond motifs is 1. The zero-order valence-electron chi connectivity index (χ0n) is 17.3. The van der Waals surface area contributed by atoms with Gasteiger partial charge in [-0.1, -0.05) is 0 Å². The van der Waals surface area contributed by atoms with E-state index in [1.807, 2.05) is 0 Å². The third kappa shape index (κ3) is 7.54. The van der Waals surface area contributed by atoms with Crippen molar-refractivity contribution in [3.8, 4) is 11.5 Å². The summed E-state index contributed by atoms with van der Waals surface area (Å²) in [7, 11) is 0. The van der Waals surface area contributed by atoms with E-state index in [1.54, 1.807) is 19.1 Å². The Morgan fingerprint density at radius 1 is 0.882 bits per heavy atom. The number of hydrogen-bond acceptors (Lipinski definition) is 5. The standard InChI is InChI=1S/C21H16F6N2O4S/c1-11-4-18(30)33-17-7-12(2-3-16(11)17)28-19(34)29-13-5-14(31-9-20(22,23)24)8-15(6-13)32-10-21(25,26)27/h2-8H,9-10H2,1H3,(H2,28,29,34). The molecular formula is C21H16F6N2O4S. The number of benzene rings is 2. The Labute approximate surface area is 193 Å². The molecule has 6 nitrogen and oxygen atoms in total. The highest BCUT2D eigenvalue weighted by Gasteiger charge is 2.30. The predicted molar refractivity (Wildman–Crippen MR) is 117 cm³/mol. The van der Waals surface area contributed by atoms with E-state index >= 15 is 0 Å². The molecule has 0 spiro atoms. The highest BCUT2D eigenvalue weighted by Crippen LogP contribution is 2.29. The van der Waals surface area contributed by atoms with Crippen LogP contribution in [0.25, 0.3) is 11.0 Å². The maximum absolute atomic E-state index is 12.5. The lowest BCUT2D eigenvalue weighted by atomic mass is 10.1. The van der Waals surface area contributed by atoms with Crippen LogP contribution < -0.4 is 25.7 Å². The van der Waals surface area contributed by atoms with Crippen LogP contribution in [0.2, 0.25) is 0 Å². The molecule has 1 heterocycles. The molecule has 13 heteroatoms. The minimum Gasteiger partial charge on any atom is -0.484 e. The molecule has 0 amide bonds. The molecule has 1 aromatic heterocycles. The Kier molecular flexibility index (Phi) is 7.24. The first-order chi connectivity index (χ1) is 15.8. The van der Waals surface area contributed by atoms with Gasteiger partial charge in [-0.3, -0.25) is 0 Å². The molecule has 0 fully saturated rings. The first-order valence-corrected chi connectivity index (χ1v) is 9.85. The summed E-state index contributed by atoms with van der Waals surface area (Å²) in [6, 6.07) is 9.31. The molecule has 2 N–H and O–H groups in total. The summed E-state index contributed by atoms with van der Waals surface area (Å²) in [5.41, 5.74) is 0.892. The van der Waals surface area contributed by atoms with Gasteiger partial charge in [-0.05, 0) is 36.8 Å². The number of halogens is 6. The van der Waals surface area contributed by atoms with Gasteiger partial charge in [0.05, 0.1) is 0 Å². The Hall–Kier alpha value is -3.48. The van der Waals surface area contributed by atoms with Crippen LogP contribution in [0.1, 0.15) is 5.56 Å². The van der Waals surface area contributed by atoms with Gasteiger partial charge in [0.2, 0.25) is 0 Å². The van der Waals surface area contributed by atoms with Crippen molar-refractivity contribution >= 4 is 39.7 Å². The molecule has 3 aromatic rings. The number of aryl methyl sites for hydroxylation is 1. The quantitative estimate of drug-likeness (QED) is 0.249. The van der Waals surface area contributed by atoms with E-state index in [4.69, 9.17) is 16.6 Å². The molecule has 0 aliphatic carbocycles. The molecule has 0 unspecified atom stereocenters. The number of nitrogens with one attached hydrogen (secondary N) is 2. The van der Waals surface area contributed by atoms with Crippen LogP contribution in [0.5, 0.6) is 11.5 Å². The van der Waals surface area contributed by atoms with Gasteiger partial charge in [0.1, 0.15) is 17.1 Å². The van der Waals surface area contributed by atoms with E-state index in [9.17, 15) is 31.1 Å². The van der Waals surface area contributed by atoms with Gasteiger partial charge in [-0.15, -0.1) is 0 Å². The van der Waals surface area contributed by atoms with Crippen LogP contribution in [0, 0.1) is 6.92 Å². The summed E-state index contributed by atoms with van der Waals surface area (Å²) in [6.07, 6.45) is -9.31. The Bertz CT molecular complexity index is 1220. The number of rotatable bonds is 6. The van der Waals surface area contributed by atoms with E-state index in [0.29, 0.717) is 22.2 Å². The maximum Gasteiger partial charge on any atom is 0.422 e. The fourth-order valence-corrected chi connectivity index (χ4v) is 3.07. The average molecular weight is 506 g/mol. The summed E-state index contributed by atoms with van der Waals surface area (Å²) in [5, 5.41) is 6.08. The zero-order chi connectivity index (χ0) is 25.1. The summed E-state index contributed by atoms with van der Waals surface area (Å²) >= 11 is 5.17. The molecule has 0 saturated carbocycles. The van der Waals surface area contributed by atoms with E-state index in [1.165, 1.54) is 12.1 Å². The van der Waals surface area contributed by atoms with Crippen molar-refractivity contribution in [2.45, 2.75) is 19.3 Å². The fourth-order valence-electron chi connectivity index (χ4n) is 2.84. The van der Waals surface area contributed by atoms with Crippen LogP contribution in [0.4, 0.5) is 37.7 Å². The van der Waals surface area contributed by atoms with Crippen molar-refractivity contribution in [1.29, 1.82) is 0 Å². The zero-order valence-corrected chi connectivity index (χ0v) is 18.1. The molecule has 34 heavy (non-hydrogen) atoms. The summed E-state index contributed by atoms with van der Waals surface area (Å²) in [4.78, 5) is 11.6. The molecule has 0 aliphatic heterocycles. The fraction of sp³-hybridized carbons (Fsp3) is 0.238. The molecular weight excluding hydrogens is 490 g/mol. The largest absolute Gasteiger partial charge is 0.484 e. The van der Waals surface area contributed by atoms with E-state index in [0.717, 1.165) is 18.2 Å². The molecule has 0 radical (unpaired) electrons. The Morgan fingerprint density at radius 3 is 2.00 bits per heavy atom. The molecule has 2 aromatic carbocycles. The van der Waals surface area contributed by atoms with Crippen LogP contribution in [-0.2, 0) is 0 Å². The van der Waals surface area contributed by atoms with Gasteiger partial charge in [0.15, 0.2) is 18.3 Å². The first-order valence-electron chi connectivity index (χ1n) is 9.44. The van der Waals surface area contributed by atoms with Gasteiger partial charge in [-0.2, -0.15) is 26.3 Å². The maximum atomic E-state index is 12.5. The van der Waals surface area contributed by atoms with Crippen molar-refractivity contribution in [1.82, 2.24) is 0 Å². The lowest BCUT2D eigenvalue weighted by Gasteiger charge is -2.16. The van der Waals surface area contributed by atoms with Crippen molar-refractivity contribution in [2.24, 2.45) is 0 Å². The third-order valence-electron chi connectivity index (χ3n) is 4.15. The number of thiocarbonyl (C=S) groups is 1. The van der Waals surface area contributed by atoms with E-state index in [2.05, 4.69) is 20.1 Å². The second-order valence-corrected chi connectivity index (χ2v) is 7.45. The molecule has 3 rings (SSSR count). The molecule has 0 saturated heterocycles. The van der Waals surface area contributed by atoms with Crippen LogP contribution >= 0.6 is 12.2 Å². The molecule has 0 bridgehead atoms. The topological polar surface area (TPSA) is 72.7 Å². The van der Waals surface area contributed by atoms with E-state index < -0.39 is 31.2 Å². The third-order valence-corrected chi connectivity index (χ3v) is 4.36. The van der Waals surface area contributed by atoms with Crippen molar-refractivity contribution < 1.29 is 40.2 Å². The van der Waals surface area contributed by atoms with Gasteiger partial charge in [0.25, 0.3) is 0 Å². The minimum atomic E-state index is -4.66. The van der Waals surface area contributed by atoms with Crippen molar-refractivity contribution in [3.63, 3.8) is 0 Å². The average Bonchev–Trinajstić information content (AvgIpc) is 2.69. The van der Waals surface area contributed by atoms with Gasteiger partial charge in [0, 0.05) is 47.1 Å². The Balaban J connectivity index is 1.78. The molecule has 182 valence electrons. The van der Waals surface area contributed by atoms with Gasteiger partial charge in [-0.25, -0.2) is 4.79 Å². The monoisotopic (exact) mass is 506 g/mol. The normalized spacial score (nSPS) is 11.9. The lowest BCUT2D eigenvalue weighted by Crippen LogP contribution is -2.21. The van der Waals surface area contributed by atoms with Crippen LogP contribution in [0.3, 0.4) is 0 Å². The van der Waals surface area contributed by atoms with Crippen LogP contribution in [-0.4, -0.2) is 30.7 Å². The van der Waals surface area contributed by atoms with Crippen molar-refractivity contribution in [2.75, 3.05) is 23.8 Å². The van der Waals surface area contributed by atoms with Crippen molar-refractivity contribution in [3.05, 3.63) is 58.4 Å². The van der Waals surface area contributed by atoms with Crippen LogP contribution in [0.15, 0.2) is 51.7 Å². The summed E-state index contributed by atoms with van der Waals surface area (Å²) < 4.78 is 89.3. The van der Waals surface area contributed by atoms with E-state index in [-0.39, 0.29) is 22.3 Å². The highest BCUT2D eigenvalue weighted by molar-refractivity contribution is 7.80. The number of alkyl halides is 6. The SMILES string of the molecule is Cc1cc(=O)oc2cc(NC(=S)Nc3cc(OCC(F)(F)F)cc(OCC(F)(F)F)c3)ccc12. The van der Waals surface area contributed by atoms with Gasteiger partial charge < -0.3 is 24.5 Å². The summed E-state index contributed by atoms with van der Waals surface area (Å²) in [6.45, 7) is -1.57. The van der Waals surface area contributed by atoms with Gasteiger partial charge >= 0.3 is 18.0 Å². The number of ether oxygens (including phenoxy) is 2. The minimum absolute atomic E-state index is 0.0116. The predicted octanol–water partition coefficient (Wildman–Crippen LogP) is 5.79. The summed E-state index contributed by atoms with van der Waals surface area (Å²) in [5.74, 6) is -0.768. The first kappa shape index (κ1) is 25.1. The second-order valence-electron chi connectivity index (χ2n) is 7.04. The number of anilines is 2. The number of hydrogen-bond donors (Lipinski definition) is 2. The lowest BCUT2D eigenvalue weighted by molar-refractivity contribution is -0.153. The smallest absolute Gasteiger partial charge is 0.422 e. The molecule has 0 atom stereocenters. The highest BCUT2D eigenvalue weighted by atomic mass is 32.1. The second kappa shape index (κ2) is 9.79. The Morgan fingerprint density at radius 2 is 1.44 bits per heavy atom. The molecule has 0 aliphatic rings.